The predicted octanol–water partition coefficient (Wildman–Crippen LogP) is 3.20. The fourth-order valence-electron chi connectivity index (χ4n) is 3.02. The van der Waals surface area contributed by atoms with Crippen LogP contribution in [0, 0.1) is 10.1 Å². The number of benzene rings is 1. The van der Waals surface area contributed by atoms with Gasteiger partial charge in [0.05, 0.1) is 34.1 Å². The number of esters is 1. The van der Waals surface area contributed by atoms with Crippen molar-refractivity contribution in [3.05, 3.63) is 91.7 Å². The molecule has 0 saturated heterocycles. The van der Waals surface area contributed by atoms with Gasteiger partial charge in [0.1, 0.15) is 12.3 Å². The van der Waals surface area contributed by atoms with Crippen LogP contribution in [-0.2, 0) is 11.3 Å². The van der Waals surface area contributed by atoms with Crippen LogP contribution in [0.4, 0.5) is 5.69 Å². The first-order chi connectivity index (χ1) is 15.9. The lowest BCUT2D eigenvalue weighted by molar-refractivity contribution is -0.384. The zero-order valence-electron chi connectivity index (χ0n) is 17.2. The lowest BCUT2D eigenvalue weighted by atomic mass is 10.3. The second kappa shape index (κ2) is 9.09. The molecule has 0 fully saturated rings. The van der Waals surface area contributed by atoms with Gasteiger partial charge in [-0.2, -0.15) is 5.10 Å². The molecule has 3 aromatic heterocycles. The smallest absolute Gasteiger partial charge is 0.362 e. The quantitative estimate of drug-likeness (QED) is 0.229. The molecule has 0 N–H and O–H groups in total. The average Bonchev–Trinajstić information content (AvgIpc) is 3.23. The lowest BCUT2D eigenvalue weighted by Crippen LogP contribution is -2.16. The maximum absolute atomic E-state index is 12.4. The highest BCUT2D eigenvalue weighted by molar-refractivity contribution is 6.30. The third kappa shape index (κ3) is 4.67. The minimum absolute atomic E-state index is 0.0806. The number of pyridine rings is 1. The van der Waals surface area contributed by atoms with Crippen LogP contribution in [0.5, 0.6) is 5.75 Å². The first-order valence-electron chi connectivity index (χ1n) is 9.68. The zero-order chi connectivity index (χ0) is 23.5. The van der Waals surface area contributed by atoms with Gasteiger partial charge < -0.3 is 9.47 Å². The summed E-state index contributed by atoms with van der Waals surface area (Å²) in [4.78, 5) is 39.5. The molecule has 33 heavy (non-hydrogen) atoms. The number of aromatic nitrogens is 4. The van der Waals surface area contributed by atoms with Gasteiger partial charge in [0.2, 0.25) is 5.69 Å². The molecule has 0 aliphatic carbocycles. The van der Waals surface area contributed by atoms with Gasteiger partial charge in [-0.3, -0.25) is 19.3 Å². The van der Waals surface area contributed by atoms with Gasteiger partial charge >= 0.3 is 5.97 Å². The Balaban J connectivity index is 1.64. The number of fused-ring (bicyclic) bond motifs is 1. The molecule has 0 atom stereocenters. The van der Waals surface area contributed by atoms with E-state index in [1.54, 1.807) is 19.1 Å². The molecule has 4 rings (SSSR count). The van der Waals surface area contributed by atoms with Crippen molar-refractivity contribution in [3.8, 4) is 11.4 Å². The van der Waals surface area contributed by atoms with Gasteiger partial charge in [-0.05, 0) is 31.2 Å². The summed E-state index contributed by atoms with van der Waals surface area (Å²) >= 11 is 5.92. The first kappa shape index (κ1) is 22.0. The Morgan fingerprint density at radius 3 is 2.64 bits per heavy atom. The molecule has 0 unspecified atom stereocenters. The Morgan fingerprint density at radius 1 is 1.18 bits per heavy atom. The monoisotopic (exact) mass is 469 g/mol. The van der Waals surface area contributed by atoms with Gasteiger partial charge in [-0.1, -0.05) is 11.6 Å². The molecule has 4 aromatic rings. The Morgan fingerprint density at radius 2 is 1.94 bits per heavy atom. The molecule has 168 valence electrons. The van der Waals surface area contributed by atoms with Crippen molar-refractivity contribution in [1.29, 1.82) is 0 Å². The molecule has 0 bridgehead atoms. The van der Waals surface area contributed by atoms with Crippen LogP contribution in [0.1, 0.15) is 23.1 Å². The summed E-state index contributed by atoms with van der Waals surface area (Å²) in [6.45, 7) is 1.67. The number of carbonyl (C=O) groups excluding carboxylic acids is 1. The van der Waals surface area contributed by atoms with Gasteiger partial charge in [0, 0.05) is 24.4 Å². The zero-order valence-corrected chi connectivity index (χ0v) is 17.9. The SMILES string of the molecule is CCOC(=O)c1nn(-c2ccc([N+](=O)[O-])cc2)cc1OCc1cc(=O)n2cc(Cl)ccc2n1. The summed E-state index contributed by atoms with van der Waals surface area (Å²) in [6, 6.07) is 10.1. The van der Waals surface area contributed by atoms with E-state index < -0.39 is 10.9 Å². The van der Waals surface area contributed by atoms with E-state index in [1.807, 2.05) is 0 Å². The van der Waals surface area contributed by atoms with Crippen LogP contribution in [-0.4, -0.2) is 36.7 Å². The number of nitro groups is 1. The molecule has 0 saturated carbocycles. The Kier molecular flexibility index (Phi) is 6.05. The molecule has 1 aromatic carbocycles. The lowest BCUT2D eigenvalue weighted by Gasteiger charge is -2.07. The van der Waals surface area contributed by atoms with Gasteiger partial charge in [-0.15, -0.1) is 0 Å². The number of nitro benzene ring substituents is 1. The number of hydrogen-bond donors (Lipinski definition) is 0. The molecule has 0 spiro atoms. The highest BCUT2D eigenvalue weighted by atomic mass is 35.5. The first-order valence-corrected chi connectivity index (χ1v) is 10.1. The minimum Gasteiger partial charge on any atom is -0.483 e. The van der Waals surface area contributed by atoms with E-state index in [4.69, 9.17) is 21.1 Å². The van der Waals surface area contributed by atoms with Crippen molar-refractivity contribution in [2.75, 3.05) is 6.61 Å². The normalized spacial score (nSPS) is 10.8. The molecule has 11 nitrogen and oxygen atoms in total. The molecule has 0 radical (unpaired) electrons. The largest absolute Gasteiger partial charge is 0.483 e. The molecule has 0 amide bonds. The van der Waals surface area contributed by atoms with E-state index in [-0.39, 0.29) is 35.9 Å². The van der Waals surface area contributed by atoms with Crippen LogP contribution in [0.25, 0.3) is 11.3 Å². The summed E-state index contributed by atoms with van der Waals surface area (Å²) < 4.78 is 13.4. The van der Waals surface area contributed by atoms with Crippen molar-refractivity contribution in [2.45, 2.75) is 13.5 Å². The molecule has 12 heteroatoms. The number of ether oxygens (including phenoxy) is 2. The van der Waals surface area contributed by atoms with Gasteiger partial charge in [0.25, 0.3) is 11.2 Å². The Bertz CT molecular complexity index is 1410. The van der Waals surface area contributed by atoms with E-state index >= 15 is 0 Å². The Hall–Kier alpha value is -4.25. The fourth-order valence-corrected chi connectivity index (χ4v) is 3.18. The molecular weight excluding hydrogens is 454 g/mol. The van der Waals surface area contributed by atoms with E-state index in [0.717, 1.165) is 0 Å². The molecule has 3 heterocycles. The average molecular weight is 470 g/mol. The topological polar surface area (TPSA) is 131 Å². The summed E-state index contributed by atoms with van der Waals surface area (Å²) in [6.07, 6.45) is 2.91. The van der Waals surface area contributed by atoms with E-state index in [2.05, 4.69) is 10.1 Å². The number of hydrogen-bond acceptors (Lipinski definition) is 8. The summed E-state index contributed by atoms with van der Waals surface area (Å²) in [5.74, 6) is -0.598. The second-order valence-corrected chi connectivity index (χ2v) is 7.17. The molecular formula is C21H16ClN5O6. The van der Waals surface area contributed by atoms with Crippen molar-refractivity contribution < 1.29 is 19.2 Å². The van der Waals surface area contributed by atoms with E-state index in [0.29, 0.717) is 22.1 Å². The fraction of sp³-hybridized carbons (Fsp3) is 0.143. The maximum Gasteiger partial charge on any atom is 0.362 e. The van der Waals surface area contributed by atoms with Crippen molar-refractivity contribution in [1.82, 2.24) is 19.2 Å². The van der Waals surface area contributed by atoms with Crippen LogP contribution in [0.2, 0.25) is 5.02 Å². The van der Waals surface area contributed by atoms with Crippen LogP contribution < -0.4 is 10.3 Å². The summed E-state index contributed by atoms with van der Waals surface area (Å²) in [5, 5.41) is 15.5. The van der Waals surface area contributed by atoms with E-state index in [1.165, 1.54) is 51.8 Å². The second-order valence-electron chi connectivity index (χ2n) is 6.73. The maximum atomic E-state index is 12.4. The molecule has 0 aliphatic heterocycles. The Labute approximate surface area is 190 Å². The third-order valence-electron chi connectivity index (χ3n) is 4.53. The highest BCUT2D eigenvalue weighted by Gasteiger charge is 2.21. The van der Waals surface area contributed by atoms with Crippen LogP contribution in [0.15, 0.2) is 59.7 Å². The van der Waals surface area contributed by atoms with Crippen LogP contribution >= 0.6 is 11.6 Å². The van der Waals surface area contributed by atoms with E-state index in [9.17, 15) is 19.7 Å². The highest BCUT2D eigenvalue weighted by Crippen LogP contribution is 2.23. The number of carbonyl (C=O) groups is 1. The minimum atomic E-state index is -0.700. The van der Waals surface area contributed by atoms with Crippen molar-refractivity contribution >= 4 is 28.9 Å². The standard InChI is InChI=1S/C21H16ClN5O6/c1-2-32-21(29)20-17(11-26(24-20)15-4-6-16(7-5-15)27(30)31)33-12-14-9-19(28)25-10-13(22)3-8-18(25)23-14/h3-11H,2,12H2,1H3. The number of non-ortho nitro benzene ring substituents is 1. The summed E-state index contributed by atoms with van der Waals surface area (Å²) in [7, 11) is 0. The summed E-state index contributed by atoms with van der Waals surface area (Å²) in [5.41, 5.74) is 0.689. The number of nitrogens with zero attached hydrogens (tertiary/aromatic N) is 5. The van der Waals surface area contributed by atoms with Gasteiger partial charge in [0.15, 0.2) is 5.75 Å². The number of rotatable bonds is 7. The number of halogens is 1. The van der Waals surface area contributed by atoms with Crippen LogP contribution in [0.3, 0.4) is 0 Å². The van der Waals surface area contributed by atoms with Gasteiger partial charge in [-0.25, -0.2) is 14.5 Å². The van der Waals surface area contributed by atoms with Crippen molar-refractivity contribution in [2.24, 2.45) is 0 Å². The molecule has 0 aliphatic rings. The van der Waals surface area contributed by atoms with Crippen molar-refractivity contribution in [3.63, 3.8) is 0 Å². The predicted molar refractivity (Wildman–Crippen MR) is 117 cm³/mol. The third-order valence-corrected chi connectivity index (χ3v) is 4.75.